The maximum atomic E-state index is 6.95. The maximum absolute atomic E-state index is 6.95. The summed E-state index contributed by atoms with van der Waals surface area (Å²) in [7, 11) is 0. The molecule has 7 aromatic rings. The van der Waals surface area contributed by atoms with Crippen LogP contribution in [0, 0.1) is 0 Å². The molecule has 0 amide bonds. The number of thiophene rings is 1. The number of allylic oxidation sites excluding steroid dienone is 6. The van der Waals surface area contributed by atoms with E-state index in [1.807, 2.05) is 11.3 Å². The summed E-state index contributed by atoms with van der Waals surface area (Å²) in [5.74, 6) is 1.04. The standard InChI is InChI=1S/C48H38N2OS/c1-3-14-31(15-4-1)34-28-29-41(47-37-19-8-11-23-43(37)51-48(34)47)50(40-22-13-25-45-46(40)38-20-9-12-24-44(38)52-45)33-26-27-36-35-18-7-10-21-39(35)49(42(36)30-33)32-16-5-2-6-17-32/h1-3,5-7,9-11,13-14,16-18,20-23,25-27,30H,4,8,12,15,19,24,28-29H2. The van der Waals surface area contributed by atoms with Gasteiger partial charge in [-0.1, -0.05) is 85.0 Å². The third-order valence-electron chi connectivity index (χ3n) is 11.5. The molecule has 52 heavy (non-hydrogen) atoms. The Kier molecular flexibility index (Phi) is 6.94. The number of rotatable bonds is 5. The Bertz CT molecular complexity index is 2850. The first-order valence-corrected chi connectivity index (χ1v) is 19.6. The van der Waals surface area contributed by atoms with Gasteiger partial charge in [0.05, 0.1) is 16.7 Å². The minimum absolute atomic E-state index is 0.942. The van der Waals surface area contributed by atoms with E-state index in [4.69, 9.17) is 4.42 Å². The lowest BCUT2D eigenvalue weighted by Gasteiger charge is -2.31. The number of anilines is 2. The largest absolute Gasteiger partial charge is 0.456 e. The van der Waals surface area contributed by atoms with Crippen molar-refractivity contribution in [2.24, 2.45) is 0 Å². The fourth-order valence-electron chi connectivity index (χ4n) is 9.23. The number of hydrogen-bond acceptors (Lipinski definition) is 3. The minimum Gasteiger partial charge on any atom is -0.456 e. The lowest BCUT2D eigenvalue weighted by molar-refractivity contribution is 0.511. The summed E-state index contributed by atoms with van der Waals surface area (Å²) in [4.78, 5) is 4.13. The summed E-state index contributed by atoms with van der Waals surface area (Å²) >= 11 is 1.97. The number of aryl methyl sites for hydroxylation is 1. The van der Waals surface area contributed by atoms with Crippen LogP contribution in [-0.4, -0.2) is 4.57 Å². The molecule has 0 fully saturated rings. The molecule has 0 atom stereocenters. The highest BCUT2D eigenvalue weighted by Gasteiger charge is 2.30. The molecule has 0 unspecified atom stereocenters. The predicted molar refractivity (Wildman–Crippen MR) is 220 cm³/mol. The van der Waals surface area contributed by atoms with Crippen molar-refractivity contribution in [1.29, 1.82) is 0 Å². The van der Waals surface area contributed by atoms with Crippen molar-refractivity contribution < 1.29 is 4.42 Å². The third kappa shape index (κ3) is 4.57. The fraction of sp³-hybridized carbons (Fsp3) is 0.167. The zero-order chi connectivity index (χ0) is 34.2. The predicted octanol–water partition coefficient (Wildman–Crippen LogP) is 11.7. The van der Waals surface area contributed by atoms with E-state index in [1.165, 1.54) is 87.0 Å². The van der Waals surface area contributed by atoms with Crippen LogP contribution in [0.1, 0.15) is 60.3 Å². The second-order valence-corrected chi connectivity index (χ2v) is 15.6. The Morgan fingerprint density at radius 1 is 0.692 bits per heavy atom. The molecule has 0 N–H and O–H groups in total. The van der Waals surface area contributed by atoms with Crippen LogP contribution < -0.4 is 15.5 Å². The first-order chi connectivity index (χ1) is 25.8. The van der Waals surface area contributed by atoms with Gasteiger partial charge in [-0.15, -0.1) is 11.3 Å². The highest BCUT2D eigenvalue weighted by atomic mass is 32.1. The molecule has 0 saturated carbocycles. The average molecular weight is 691 g/mol. The van der Waals surface area contributed by atoms with Crippen LogP contribution in [0.2, 0.25) is 0 Å². The number of aromatic nitrogens is 1. The molecule has 3 heterocycles. The molecule has 4 aliphatic rings. The topological polar surface area (TPSA) is 21.3 Å². The van der Waals surface area contributed by atoms with Gasteiger partial charge in [0.15, 0.2) is 0 Å². The second kappa shape index (κ2) is 12.0. The Labute approximate surface area is 307 Å². The minimum atomic E-state index is 0.942. The zero-order valence-electron chi connectivity index (χ0n) is 29.1. The van der Waals surface area contributed by atoms with E-state index >= 15 is 0 Å². The molecule has 3 nitrogen and oxygen atoms in total. The van der Waals surface area contributed by atoms with Gasteiger partial charge >= 0.3 is 0 Å². The molecule has 4 aromatic carbocycles. The van der Waals surface area contributed by atoms with Crippen LogP contribution in [-0.2, 0) is 12.8 Å². The molecule has 252 valence electrons. The molecule has 0 bridgehead atoms. The van der Waals surface area contributed by atoms with Gasteiger partial charge in [-0.3, -0.25) is 0 Å². The van der Waals surface area contributed by atoms with E-state index in [0.717, 1.165) is 62.5 Å². The van der Waals surface area contributed by atoms with Crippen LogP contribution in [0.4, 0.5) is 11.4 Å². The van der Waals surface area contributed by atoms with Crippen molar-refractivity contribution in [3.63, 3.8) is 0 Å². The van der Waals surface area contributed by atoms with Gasteiger partial charge in [0, 0.05) is 53.6 Å². The van der Waals surface area contributed by atoms with E-state index in [2.05, 4.69) is 143 Å². The van der Waals surface area contributed by atoms with Crippen LogP contribution in [0.3, 0.4) is 0 Å². The normalized spacial score (nSPS) is 16.4. The van der Waals surface area contributed by atoms with Gasteiger partial charge in [0.2, 0.25) is 0 Å². The maximum Gasteiger partial charge on any atom is 0.140 e. The highest BCUT2D eigenvalue weighted by molar-refractivity contribution is 7.19. The molecule has 4 aliphatic carbocycles. The Morgan fingerprint density at radius 3 is 2.46 bits per heavy atom. The van der Waals surface area contributed by atoms with Crippen molar-refractivity contribution in [1.82, 2.24) is 4.57 Å². The SMILES string of the molecule is C1=CCCC(C2=c3oc4c(c3=C(N(c3ccc5c6ccccc6n(-c6ccccc6)c5c3)c3cccc5sc6c(c35)C=CCC6)CC2)CCC=C4)=C1. The lowest BCUT2D eigenvalue weighted by Crippen LogP contribution is -2.37. The Balaban J connectivity index is 1.26. The number of para-hydroxylation sites is 2. The summed E-state index contributed by atoms with van der Waals surface area (Å²) in [6.07, 6.45) is 24.4. The number of furan rings is 1. The summed E-state index contributed by atoms with van der Waals surface area (Å²) < 4.78 is 10.8. The highest BCUT2D eigenvalue weighted by Crippen LogP contribution is 2.46. The molecule has 4 heteroatoms. The van der Waals surface area contributed by atoms with Crippen LogP contribution >= 0.6 is 11.3 Å². The smallest absolute Gasteiger partial charge is 0.140 e. The molecule has 11 rings (SSSR count). The van der Waals surface area contributed by atoms with Crippen LogP contribution in [0.5, 0.6) is 0 Å². The average Bonchev–Trinajstić information content (AvgIpc) is 3.89. The number of benzene rings is 4. The van der Waals surface area contributed by atoms with Crippen molar-refractivity contribution in [3.05, 3.63) is 159 Å². The molecule has 3 aromatic heterocycles. The Morgan fingerprint density at radius 2 is 1.54 bits per heavy atom. The van der Waals surface area contributed by atoms with Gasteiger partial charge in [0.25, 0.3) is 0 Å². The summed E-state index contributed by atoms with van der Waals surface area (Å²) in [6, 6.07) is 33.8. The fourth-order valence-corrected chi connectivity index (χ4v) is 10.5. The molecular weight excluding hydrogens is 653 g/mol. The van der Waals surface area contributed by atoms with E-state index < -0.39 is 0 Å². The molecule has 0 radical (unpaired) electrons. The van der Waals surface area contributed by atoms with Crippen LogP contribution in [0.15, 0.2) is 131 Å². The third-order valence-corrected chi connectivity index (χ3v) is 12.7. The van der Waals surface area contributed by atoms with Crippen molar-refractivity contribution in [2.45, 2.75) is 51.4 Å². The quantitative estimate of drug-likeness (QED) is 0.179. The number of nitrogens with zero attached hydrogens (tertiary/aromatic N) is 2. The van der Waals surface area contributed by atoms with E-state index in [-0.39, 0.29) is 0 Å². The second-order valence-electron chi connectivity index (χ2n) is 14.4. The number of hydrogen-bond donors (Lipinski definition) is 0. The summed E-state index contributed by atoms with van der Waals surface area (Å²) in [5.41, 5.74) is 14.1. The van der Waals surface area contributed by atoms with Crippen molar-refractivity contribution in [3.8, 4) is 5.69 Å². The first kappa shape index (κ1) is 30.1. The van der Waals surface area contributed by atoms with Gasteiger partial charge in [-0.25, -0.2) is 0 Å². The Hall–Kier alpha value is -5.58. The molecule has 0 aliphatic heterocycles. The van der Waals surface area contributed by atoms with Crippen LogP contribution in [0.25, 0.3) is 61.0 Å². The lowest BCUT2D eigenvalue weighted by atomic mass is 9.88. The van der Waals surface area contributed by atoms with Gasteiger partial charge in [0.1, 0.15) is 11.2 Å². The summed E-state index contributed by atoms with van der Waals surface area (Å²) in [6.45, 7) is 0. The molecule has 0 spiro atoms. The van der Waals surface area contributed by atoms with Gasteiger partial charge in [-0.05, 0) is 117 Å². The van der Waals surface area contributed by atoms with Crippen molar-refractivity contribution in [2.75, 3.05) is 4.90 Å². The van der Waals surface area contributed by atoms with Crippen molar-refractivity contribution >= 4 is 78.0 Å². The van der Waals surface area contributed by atoms with Gasteiger partial charge in [-0.2, -0.15) is 0 Å². The molecule has 0 saturated heterocycles. The van der Waals surface area contributed by atoms with E-state index in [9.17, 15) is 0 Å². The molecular formula is C48H38N2OS. The monoisotopic (exact) mass is 690 g/mol. The van der Waals surface area contributed by atoms with E-state index in [0.29, 0.717) is 0 Å². The summed E-state index contributed by atoms with van der Waals surface area (Å²) in [5, 5.41) is 5.22. The number of fused-ring (bicyclic) bond motifs is 9. The van der Waals surface area contributed by atoms with E-state index in [1.54, 1.807) is 0 Å². The van der Waals surface area contributed by atoms with Gasteiger partial charge < -0.3 is 13.9 Å². The zero-order valence-corrected chi connectivity index (χ0v) is 29.9. The first-order valence-electron chi connectivity index (χ1n) is 18.8.